The zero-order chi connectivity index (χ0) is 16.8. The summed E-state index contributed by atoms with van der Waals surface area (Å²) in [4.78, 5) is 14.2. The Morgan fingerprint density at radius 3 is 2.58 bits per heavy atom. The second-order valence-corrected chi connectivity index (χ2v) is 6.82. The number of aryl methyl sites for hydroxylation is 1. The van der Waals surface area contributed by atoms with E-state index in [9.17, 15) is 4.79 Å². The Bertz CT molecular complexity index is 667. The second-order valence-electron chi connectivity index (χ2n) is 5.64. The highest BCUT2D eigenvalue weighted by Gasteiger charge is 2.10. The van der Waals surface area contributed by atoms with E-state index >= 15 is 0 Å². The van der Waals surface area contributed by atoms with E-state index < -0.39 is 0 Å². The van der Waals surface area contributed by atoms with Crippen molar-refractivity contribution >= 4 is 22.5 Å². The Labute approximate surface area is 145 Å². The first-order valence-corrected chi connectivity index (χ1v) is 8.73. The minimum atomic E-state index is -0.274. The van der Waals surface area contributed by atoms with Crippen LogP contribution in [-0.2, 0) is 17.8 Å². The Morgan fingerprint density at radius 1 is 1.21 bits per heavy atom. The molecule has 7 nitrogen and oxygen atoms in total. The lowest BCUT2D eigenvalue weighted by atomic mass is 10.1. The van der Waals surface area contributed by atoms with Crippen molar-refractivity contribution in [3.05, 3.63) is 40.4 Å². The van der Waals surface area contributed by atoms with Gasteiger partial charge in [-0.1, -0.05) is 35.6 Å². The van der Waals surface area contributed by atoms with Gasteiger partial charge in [-0.05, 0) is 18.1 Å². The van der Waals surface area contributed by atoms with Crippen LogP contribution in [0.3, 0.4) is 0 Å². The molecule has 0 saturated carbocycles. The van der Waals surface area contributed by atoms with E-state index in [2.05, 4.69) is 37.9 Å². The number of carbonyl (C=O) groups is 1. The van der Waals surface area contributed by atoms with E-state index in [-0.39, 0.29) is 6.03 Å². The van der Waals surface area contributed by atoms with Gasteiger partial charge in [-0.25, -0.2) is 4.79 Å². The molecule has 2 N–H and O–H groups in total. The van der Waals surface area contributed by atoms with Crippen molar-refractivity contribution in [1.29, 1.82) is 0 Å². The average Bonchev–Trinajstić information content (AvgIpc) is 3.00. The summed E-state index contributed by atoms with van der Waals surface area (Å²) in [6.45, 7) is 6.84. The van der Waals surface area contributed by atoms with E-state index in [0.717, 1.165) is 43.4 Å². The summed E-state index contributed by atoms with van der Waals surface area (Å²) in [7, 11) is 0. The van der Waals surface area contributed by atoms with Crippen LogP contribution in [0.1, 0.15) is 16.1 Å². The molecule has 1 aliphatic rings. The lowest BCUT2D eigenvalue weighted by Crippen LogP contribution is -2.35. The molecule has 0 unspecified atom stereocenters. The summed E-state index contributed by atoms with van der Waals surface area (Å²) >= 11 is 1.35. The number of hydrogen-bond donors (Lipinski definition) is 2. The molecule has 1 fully saturated rings. The van der Waals surface area contributed by atoms with E-state index in [1.807, 2.05) is 19.1 Å². The Morgan fingerprint density at radius 2 is 1.92 bits per heavy atom. The molecule has 1 aromatic carbocycles. The van der Waals surface area contributed by atoms with Crippen molar-refractivity contribution in [2.24, 2.45) is 0 Å². The third-order valence-corrected chi connectivity index (χ3v) is 4.49. The van der Waals surface area contributed by atoms with E-state index in [1.54, 1.807) is 0 Å². The lowest BCUT2D eigenvalue weighted by molar-refractivity contribution is 0.0342. The normalized spacial score (nSPS) is 15.2. The number of benzene rings is 1. The van der Waals surface area contributed by atoms with Crippen LogP contribution < -0.4 is 10.6 Å². The highest BCUT2D eigenvalue weighted by atomic mass is 32.1. The highest BCUT2D eigenvalue weighted by Crippen LogP contribution is 2.13. The molecule has 2 heterocycles. The topological polar surface area (TPSA) is 79.4 Å². The zero-order valence-corrected chi connectivity index (χ0v) is 14.4. The molecule has 1 saturated heterocycles. The van der Waals surface area contributed by atoms with E-state index in [1.165, 1.54) is 16.9 Å². The molecule has 1 aromatic heterocycles. The second kappa shape index (κ2) is 8.18. The quantitative estimate of drug-likeness (QED) is 0.865. The van der Waals surface area contributed by atoms with Gasteiger partial charge < -0.3 is 10.1 Å². The molecular formula is C16H21N5O2S. The summed E-state index contributed by atoms with van der Waals surface area (Å²) in [5.41, 5.74) is 2.33. The number of nitrogens with one attached hydrogen (secondary N) is 2. The van der Waals surface area contributed by atoms with Crippen molar-refractivity contribution in [1.82, 2.24) is 20.4 Å². The van der Waals surface area contributed by atoms with Gasteiger partial charge in [0.1, 0.15) is 5.01 Å². The van der Waals surface area contributed by atoms with Gasteiger partial charge in [0, 0.05) is 26.2 Å². The van der Waals surface area contributed by atoms with Crippen molar-refractivity contribution in [2.75, 3.05) is 31.6 Å². The minimum Gasteiger partial charge on any atom is -0.379 e. The van der Waals surface area contributed by atoms with Crippen LogP contribution in [0, 0.1) is 6.92 Å². The van der Waals surface area contributed by atoms with Crippen LogP contribution in [0.4, 0.5) is 9.93 Å². The third kappa shape index (κ3) is 4.98. The zero-order valence-electron chi connectivity index (χ0n) is 13.6. The molecule has 8 heteroatoms. The minimum absolute atomic E-state index is 0.274. The van der Waals surface area contributed by atoms with Crippen LogP contribution in [0.15, 0.2) is 24.3 Å². The summed E-state index contributed by atoms with van der Waals surface area (Å²) in [6.07, 6.45) is 0. The van der Waals surface area contributed by atoms with Gasteiger partial charge in [0.15, 0.2) is 0 Å². The molecule has 3 rings (SSSR count). The predicted molar refractivity (Wildman–Crippen MR) is 93.0 cm³/mol. The smallest absolute Gasteiger partial charge is 0.321 e. The Balaban J connectivity index is 1.44. The predicted octanol–water partition coefficient (Wildman–Crippen LogP) is 2.00. The van der Waals surface area contributed by atoms with Crippen LogP contribution in [0.2, 0.25) is 0 Å². The summed E-state index contributed by atoms with van der Waals surface area (Å²) < 4.78 is 5.36. The van der Waals surface area contributed by atoms with Gasteiger partial charge in [-0.15, -0.1) is 10.2 Å². The fraction of sp³-hybridized carbons (Fsp3) is 0.438. The number of amides is 2. The maximum Gasteiger partial charge on any atom is 0.321 e. The molecule has 0 bridgehead atoms. The largest absolute Gasteiger partial charge is 0.379 e. The summed E-state index contributed by atoms with van der Waals surface area (Å²) in [5.74, 6) is 0. The first-order valence-electron chi connectivity index (χ1n) is 7.92. The van der Waals surface area contributed by atoms with Gasteiger partial charge in [-0.2, -0.15) is 0 Å². The van der Waals surface area contributed by atoms with Gasteiger partial charge in [0.05, 0.1) is 13.2 Å². The lowest BCUT2D eigenvalue weighted by Gasteiger charge is -2.26. The molecule has 128 valence electrons. The maximum atomic E-state index is 11.8. The number of rotatable bonds is 5. The fourth-order valence-corrected chi connectivity index (χ4v) is 3.04. The number of urea groups is 1. The SMILES string of the molecule is Cc1nnc(NC(=O)NCc2ccc(CN3CCOCC3)cc2)s1. The number of nitrogens with zero attached hydrogens (tertiary/aromatic N) is 3. The molecule has 1 aliphatic heterocycles. The number of hydrogen-bond acceptors (Lipinski definition) is 6. The highest BCUT2D eigenvalue weighted by molar-refractivity contribution is 7.15. The molecule has 0 aliphatic carbocycles. The number of anilines is 1. The van der Waals surface area contributed by atoms with E-state index in [0.29, 0.717) is 11.7 Å². The van der Waals surface area contributed by atoms with Crippen molar-refractivity contribution in [3.8, 4) is 0 Å². The molecule has 0 radical (unpaired) electrons. The number of carbonyl (C=O) groups excluding carboxylic acids is 1. The van der Waals surface area contributed by atoms with Crippen molar-refractivity contribution in [2.45, 2.75) is 20.0 Å². The molecule has 2 amide bonds. The molecule has 0 atom stereocenters. The molecule has 2 aromatic rings. The van der Waals surface area contributed by atoms with Crippen LogP contribution in [0.5, 0.6) is 0 Å². The van der Waals surface area contributed by atoms with E-state index in [4.69, 9.17) is 4.74 Å². The van der Waals surface area contributed by atoms with Crippen LogP contribution in [0.25, 0.3) is 0 Å². The Hall–Kier alpha value is -2.03. The number of morpholine rings is 1. The van der Waals surface area contributed by atoms with Gasteiger partial charge in [-0.3, -0.25) is 10.2 Å². The first-order chi connectivity index (χ1) is 11.7. The van der Waals surface area contributed by atoms with Crippen LogP contribution >= 0.6 is 11.3 Å². The molecule has 24 heavy (non-hydrogen) atoms. The van der Waals surface area contributed by atoms with Crippen LogP contribution in [-0.4, -0.2) is 47.4 Å². The standard InChI is InChI=1S/C16H21N5O2S/c1-12-19-20-16(24-12)18-15(22)17-10-13-2-4-14(5-3-13)11-21-6-8-23-9-7-21/h2-5H,6-11H2,1H3,(H2,17,18,20,22). The summed E-state index contributed by atoms with van der Waals surface area (Å²) in [6, 6.07) is 8.04. The van der Waals surface area contributed by atoms with Gasteiger partial charge in [0.2, 0.25) is 5.13 Å². The number of ether oxygens (including phenoxy) is 1. The van der Waals surface area contributed by atoms with Gasteiger partial charge >= 0.3 is 6.03 Å². The summed E-state index contributed by atoms with van der Waals surface area (Å²) in [5, 5.41) is 14.5. The van der Waals surface area contributed by atoms with Crippen molar-refractivity contribution in [3.63, 3.8) is 0 Å². The monoisotopic (exact) mass is 347 g/mol. The van der Waals surface area contributed by atoms with Crippen molar-refractivity contribution < 1.29 is 9.53 Å². The average molecular weight is 347 g/mol. The van der Waals surface area contributed by atoms with Gasteiger partial charge in [0.25, 0.3) is 0 Å². The third-order valence-electron chi connectivity index (χ3n) is 3.73. The molecule has 0 spiro atoms. The maximum absolute atomic E-state index is 11.8. The fourth-order valence-electron chi connectivity index (χ4n) is 2.45. The first kappa shape index (κ1) is 16.8. The number of aromatic nitrogens is 2. The Kier molecular flexibility index (Phi) is 5.73. The molecular weight excluding hydrogens is 326 g/mol.